The largest absolute Gasteiger partial charge is 0.486 e. The van der Waals surface area contributed by atoms with Gasteiger partial charge in [0.25, 0.3) is 5.91 Å². The van der Waals surface area contributed by atoms with Gasteiger partial charge in [-0.1, -0.05) is 38.1 Å². The first-order valence-electron chi connectivity index (χ1n) is 9.26. The van der Waals surface area contributed by atoms with Crippen LogP contribution in [0.5, 0.6) is 11.5 Å². The van der Waals surface area contributed by atoms with Crippen molar-refractivity contribution in [2.24, 2.45) is 5.92 Å². The number of para-hydroxylation sites is 1. The van der Waals surface area contributed by atoms with E-state index in [1.165, 1.54) is 0 Å². The van der Waals surface area contributed by atoms with Crippen LogP contribution in [0.2, 0.25) is 0 Å². The quantitative estimate of drug-likeness (QED) is 0.700. The zero-order valence-electron chi connectivity index (χ0n) is 15.7. The molecular formula is C22H21NO5. The first-order valence-corrected chi connectivity index (χ1v) is 9.26. The van der Waals surface area contributed by atoms with Crippen molar-refractivity contribution >= 4 is 16.9 Å². The highest BCUT2D eigenvalue weighted by atomic mass is 16.6. The number of fused-ring (bicyclic) bond motifs is 2. The Morgan fingerprint density at radius 1 is 1.00 bits per heavy atom. The Morgan fingerprint density at radius 3 is 2.54 bits per heavy atom. The molecule has 0 fully saturated rings. The highest BCUT2D eigenvalue weighted by Crippen LogP contribution is 2.34. The average molecular weight is 379 g/mol. The molecule has 0 unspecified atom stereocenters. The number of carbonyl (C=O) groups is 1. The highest BCUT2D eigenvalue weighted by Gasteiger charge is 2.23. The molecule has 0 saturated carbocycles. The standard InChI is InChI=1S/C22H21NO5/c1-13(2)20(15-7-8-18-19(12-15)27-10-9-26-18)23-21(24)16-11-14-5-3-4-6-17(14)28-22(16)25/h3-8,11-13,20H,9-10H2,1-2H3,(H,23,24)/t20-/m0/s1. The minimum absolute atomic E-state index is 0.0121. The number of hydrogen-bond acceptors (Lipinski definition) is 5. The Morgan fingerprint density at radius 2 is 1.75 bits per heavy atom. The minimum atomic E-state index is -0.652. The van der Waals surface area contributed by atoms with Crippen LogP contribution in [-0.4, -0.2) is 19.1 Å². The Labute approximate surface area is 162 Å². The van der Waals surface area contributed by atoms with Gasteiger partial charge in [-0.3, -0.25) is 4.79 Å². The second-order valence-corrected chi connectivity index (χ2v) is 7.08. The maximum atomic E-state index is 12.9. The van der Waals surface area contributed by atoms with E-state index in [0.29, 0.717) is 35.7 Å². The van der Waals surface area contributed by atoms with Crippen molar-refractivity contribution in [3.63, 3.8) is 0 Å². The van der Waals surface area contributed by atoms with E-state index in [2.05, 4.69) is 5.32 Å². The smallest absolute Gasteiger partial charge is 0.349 e. The highest BCUT2D eigenvalue weighted by molar-refractivity contribution is 5.96. The number of benzene rings is 2. The van der Waals surface area contributed by atoms with Gasteiger partial charge >= 0.3 is 5.63 Å². The lowest BCUT2D eigenvalue weighted by Crippen LogP contribution is -2.34. The molecule has 0 radical (unpaired) electrons. The van der Waals surface area contributed by atoms with Crippen LogP contribution in [0, 0.1) is 5.92 Å². The molecule has 1 amide bonds. The zero-order valence-corrected chi connectivity index (χ0v) is 15.7. The van der Waals surface area contributed by atoms with Crippen LogP contribution in [-0.2, 0) is 0 Å². The van der Waals surface area contributed by atoms with Gasteiger partial charge in [0.15, 0.2) is 11.5 Å². The van der Waals surface area contributed by atoms with Gasteiger partial charge < -0.3 is 19.2 Å². The molecule has 144 valence electrons. The molecule has 1 N–H and O–H groups in total. The summed E-state index contributed by atoms with van der Waals surface area (Å²) >= 11 is 0. The molecule has 1 atom stereocenters. The molecule has 1 aliphatic heterocycles. The third-order valence-corrected chi connectivity index (χ3v) is 4.76. The van der Waals surface area contributed by atoms with E-state index < -0.39 is 11.5 Å². The first kappa shape index (κ1) is 18.1. The second-order valence-electron chi connectivity index (χ2n) is 7.08. The molecule has 1 aromatic heterocycles. The maximum absolute atomic E-state index is 12.9. The summed E-state index contributed by atoms with van der Waals surface area (Å²) in [5.41, 5.74) is 0.678. The van der Waals surface area contributed by atoms with Crippen molar-refractivity contribution in [2.75, 3.05) is 13.2 Å². The summed E-state index contributed by atoms with van der Waals surface area (Å²) in [6.45, 7) is 5.02. The zero-order chi connectivity index (χ0) is 19.7. The van der Waals surface area contributed by atoms with Gasteiger partial charge in [-0.05, 0) is 35.7 Å². The van der Waals surface area contributed by atoms with Crippen LogP contribution in [0.3, 0.4) is 0 Å². The summed E-state index contributed by atoms with van der Waals surface area (Å²) in [6, 6.07) is 14.0. The van der Waals surface area contributed by atoms with E-state index in [-0.39, 0.29) is 17.5 Å². The summed E-state index contributed by atoms with van der Waals surface area (Å²) in [4.78, 5) is 25.1. The molecule has 1 aliphatic rings. The third-order valence-electron chi connectivity index (χ3n) is 4.76. The van der Waals surface area contributed by atoms with Crippen molar-refractivity contribution < 1.29 is 18.7 Å². The molecular weight excluding hydrogens is 358 g/mol. The number of hydrogen-bond donors (Lipinski definition) is 1. The topological polar surface area (TPSA) is 77.8 Å². The molecule has 0 spiro atoms. The number of ether oxygens (including phenoxy) is 2. The maximum Gasteiger partial charge on any atom is 0.349 e. The van der Waals surface area contributed by atoms with Crippen LogP contribution in [0.15, 0.2) is 57.7 Å². The molecule has 0 saturated heterocycles. The van der Waals surface area contributed by atoms with Crippen molar-refractivity contribution in [1.82, 2.24) is 5.32 Å². The van der Waals surface area contributed by atoms with Crippen molar-refractivity contribution in [3.05, 3.63) is 70.1 Å². The van der Waals surface area contributed by atoms with Gasteiger partial charge in [-0.2, -0.15) is 0 Å². The number of carbonyl (C=O) groups excluding carboxylic acids is 1. The fourth-order valence-corrected chi connectivity index (χ4v) is 3.33. The number of amides is 1. The van der Waals surface area contributed by atoms with E-state index in [0.717, 1.165) is 5.56 Å². The average Bonchev–Trinajstić information content (AvgIpc) is 2.70. The van der Waals surface area contributed by atoms with E-state index in [1.807, 2.05) is 38.1 Å². The lowest BCUT2D eigenvalue weighted by Gasteiger charge is -2.25. The Hall–Kier alpha value is -3.28. The third kappa shape index (κ3) is 3.45. The molecule has 28 heavy (non-hydrogen) atoms. The SMILES string of the molecule is CC(C)[C@H](NC(=O)c1cc2ccccc2oc1=O)c1ccc2c(c1)OCCO2. The summed E-state index contributed by atoms with van der Waals surface area (Å²) in [6.07, 6.45) is 0. The number of nitrogens with one attached hydrogen (secondary N) is 1. The second kappa shape index (κ2) is 7.38. The van der Waals surface area contributed by atoms with E-state index in [9.17, 15) is 9.59 Å². The van der Waals surface area contributed by atoms with Crippen molar-refractivity contribution in [3.8, 4) is 11.5 Å². The van der Waals surface area contributed by atoms with Gasteiger partial charge in [-0.25, -0.2) is 4.79 Å². The molecule has 4 rings (SSSR count). The summed E-state index contributed by atoms with van der Waals surface area (Å²) in [5.74, 6) is 0.986. The Kier molecular flexibility index (Phi) is 4.77. The van der Waals surface area contributed by atoms with Crippen LogP contribution in [0.25, 0.3) is 11.0 Å². The summed E-state index contributed by atoms with van der Waals surface area (Å²) in [5, 5.41) is 3.67. The van der Waals surface area contributed by atoms with Gasteiger partial charge in [-0.15, -0.1) is 0 Å². The van der Waals surface area contributed by atoms with Crippen LogP contribution in [0.4, 0.5) is 0 Å². The van der Waals surface area contributed by atoms with Gasteiger partial charge in [0.05, 0.1) is 6.04 Å². The lowest BCUT2D eigenvalue weighted by molar-refractivity contribution is 0.0921. The molecule has 3 aromatic rings. The minimum Gasteiger partial charge on any atom is -0.486 e. The Bertz CT molecular complexity index is 1090. The molecule has 6 heteroatoms. The predicted molar refractivity (Wildman–Crippen MR) is 105 cm³/mol. The van der Waals surface area contributed by atoms with Crippen LogP contribution >= 0.6 is 0 Å². The molecule has 0 aliphatic carbocycles. The molecule has 2 heterocycles. The molecule has 0 bridgehead atoms. The van der Waals surface area contributed by atoms with E-state index in [1.54, 1.807) is 24.3 Å². The van der Waals surface area contributed by atoms with Crippen molar-refractivity contribution in [2.45, 2.75) is 19.9 Å². The van der Waals surface area contributed by atoms with Gasteiger partial charge in [0.1, 0.15) is 24.4 Å². The van der Waals surface area contributed by atoms with E-state index >= 15 is 0 Å². The van der Waals surface area contributed by atoms with Gasteiger partial charge in [0, 0.05) is 5.39 Å². The van der Waals surface area contributed by atoms with E-state index in [4.69, 9.17) is 13.9 Å². The number of rotatable bonds is 4. The fourth-order valence-electron chi connectivity index (χ4n) is 3.33. The monoisotopic (exact) mass is 379 g/mol. The fraction of sp³-hybridized carbons (Fsp3) is 0.273. The summed E-state index contributed by atoms with van der Waals surface area (Å²) in [7, 11) is 0. The normalized spacial score (nSPS) is 14.1. The molecule has 2 aromatic carbocycles. The van der Waals surface area contributed by atoms with Gasteiger partial charge in [0.2, 0.25) is 0 Å². The lowest BCUT2D eigenvalue weighted by atomic mass is 9.95. The van der Waals surface area contributed by atoms with Crippen molar-refractivity contribution in [1.29, 1.82) is 0 Å². The van der Waals surface area contributed by atoms with Crippen LogP contribution < -0.4 is 20.4 Å². The Balaban J connectivity index is 1.64. The molecule has 6 nitrogen and oxygen atoms in total. The predicted octanol–water partition coefficient (Wildman–Crippen LogP) is 3.69. The van der Waals surface area contributed by atoms with Crippen LogP contribution in [0.1, 0.15) is 35.8 Å². The first-order chi connectivity index (χ1) is 13.5. The summed E-state index contributed by atoms with van der Waals surface area (Å²) < 4.78 is 16.5.